The Morgan fingerprint density at radius 3 is 2.85 bits per heavy atom. The number of benzene rings is 1. The number of para-hydroxylation sites is 1. The molecule has 1 N–H and O–H groups in total. The van der Waals surface area contributed by atoms with Gasteiger partial charge in [-0.3, -0.25) is 0 Å². The average Bonchev–Trinajstić information content (AvgIpc) is 2.85. The summed E-state index contributed by atoms with van der Waals surface area (Å²) in [6, 6.07) is 9.83. The van der Waals surface area contributed by atoms with Gasteiger partial charge in [-0.05, 0) is 46.6 Å². The molecule has 1 heterocycles. The Hall–Kier alpha value is -1.26. The molecule has 0 radical (unpaired) electrons. The van der Waals surface area contributed by atoms with E-state index in [1.807, 2.05) is 30.3 Å². The smallest absolute Gasteiger partial charge is 0.146 e. The van der Waals surface area contributed by atoms with Crippen LogP contribution in [0.5, 0.6) is 5.75 Å². The number of nitrogens with one attached hydrogen (secondary N) is 1. The van der Waals surface area contributed by atoms with Crippen molar-refractivity contribution >= 4 is 15.9 Å². The molecule has 1 aromatic carbocycles. The summed E-state index contributed by atoms with van der Waals surface area (Å²) >= 11 is 3.46. The average molecular weight is 338 g/mol. The zero-order valence-electron chi connectivity index (χ0n) is 11.9. The molecule has 1 aromatic heterocycles. The third-order valence-corrected chi connectivity index (χ3v) is 3.45. The highest BCUT2D eigenvalue weighted by Crippen LogP contribution is 2.24. The monoisotopic (exact) mass is 337 g/mol. The fraction of sp³-hybridized carbons (Fsp3) is 0.375. The molecule has 2 rings (SSSR count). The first-order valence-electron chi connectivity index (χ1n) is 6.79. The van der Waals surface area contributed by atoms with Crippen molar-refractivity contribution in [3.63, 3.8) is 0 Å². The number of ether oxygens (including phenoxy) is 1. The minimum absolute atomic E-state index is 0.437. The molecule has 0 bridgehead atoms. The molecule has 108 valence electrons. The van der Waals surface area contributed by atoms with Crippen molar-refractivity contribution in [1.29, 1.82) is 0 Å². The molecule has 0 aliphatic carbocycles. The number of furan rings is 1. The van der Waals surface area contributed by atoms with E-state index in [1.54, 1.807) is 6.26 Å². The van der Waals surface area contributed by atoms with Crippen molar-refractivity contribution in [2.24, 2.45) is 5.92 Å². The first kappa shape index (κ1) is 15.1. The normalized spacial score (nSPS) is 11.0. The lowest BCUT2D eigenvalue weighted by Crippen LogP contribution is -2.18. The Labute approximate surface area is 128 Å². The molecule has 0 aliphatic heterocycles. The number of halogens is 1. The Balaban J connectivity index is 1.82. The van der Waals surface area contributed by atoms with E-state index in [0.717, 1.165) is 34.6 Å². The maximum Gasteiger partial charge on any atom is 0.146 e. The third-order valence-electron chi connectivity index (χ3n) is 2.80. The number of rotatable bonds is 7. The van der Waals surface area contributed by atoms with Crippen LogP contribution in [0.1, 0.15) is 25.2 Å². The summed E-state index contributed by atoms with van der Waals surface area (Å²) in [4.78, 5) is 0. The molecule has 0 saturated carbocycles. The lowest BCUT2D eigenvalue weighted by Gasteiger charge is -2.05. The molecule has 0 amide bonds. The quantitative estimate of drug-likeness (QED) is 0.814. The molecule has 0 unspecified atom stereocenters. The van der Waals surface area contributed by atoms with Gasteiger partial charge in [0.15, 0.2) is 0 Å². The van der Waals surface area contributed by atoms with E-state index in [0.29, 0.717) is 12.5 Å². The van der Waals surface area contributed by atoms with E-state index < -0.39 is 0 Å². The van der Waals surface area contributed by atoms with Crippen LogP contribution in [0, 0.1) is 5.92 Å². The number of hydrogen-bond acceptors (Lipinski definition) is 3. The third kappa shape index (κ3) is 4.69. The fourth-order valence-electron chi connectivity index (χ4n) is 1.81. The zero-order valence-corrected chi connectivity index (χ0v) is 13.4. The fourth-order valence-corrected chi connectivity index (χ4v) is 2.21. The van der Waals surface area contributed by atoms with Crippen LogP contribution < -0.4 is 10.1 Å². The highest BCUT2D eigenvalue weighted by atomic mass is 79.9. The SMILES string of the molecule is CC(C)CNCc1coc(COc2ccccc2Br)c1. The standard InChI is InChI=1S/C16H20BrNO2/c1-12(2)8-18-9-13-7-14(19-10-13)11-20-16-6-4-3-5-15(16)17/h3-7,10,12,18H,8-9,11H2,1-2H3. The second kappa shape index (κ2) is 7.50. The molecular weight excluding hydrogens is 318 g/mol. The van der Waals surface area contributed by atoms with Crippen LogP contribution in [0.15, 0.2) is 45.5 Å². The zero-order chi connectivity index (χ0) is 14.4. The van der Waals surface area contributed by atoms with Crippen LogP contribution in [0.25, 0.3) is 0 Å². The highest BCUT2D eigenvalue weighted by molar-refractivity contribution is 9.10. The maximum atomic E-state index is 5.72. The van der Waals surface area contributed by atoms with Crippen LogP contribution in [0.4, 0.5) is 0 Å². The van der Waals surface area contributed by atoms with Gasteiger partial charge in [-0.1, -0.05) is 26.0 Å². The Morgan fingerprint density at radius 2 is 2.10 bits per heavy atom. The van der Waals surface area contributed by atoms with Gasteiger partial charge in [0.25, 0.3) is 0 Å². The van der Waals surface area contributed by atoms with Crippen molar-refractivity contribution < 1.29 is 9.15 Å². The van der Waals surface area contributed by atoms with Gasteiger partial charge >= 0.3 is 0 Å². The summed E-state index contributed by atoms with van der Waals surface area (Å²) in [7, 11) is 0. The molecule has 4 heteroatoms. The van der Waals surface area contributed by atoms with Crippen LogP contribution in [-0.2, 0) is 13.2 Å². The van der Waals surface area contributed by atoms with Gasteiger partial charge in [0, 0.05) is 12.1 Å². The van der Waals surface area contributed by atoms with E-state index in [2.05, 4.69) is 35.1 Å². The van der Waals surface area contributed by atoms with E-state index in [9.17, 15) is 0 Å². The molecule has 0 spiro atoms. The largest absolute Gasteiger partial charge is 0.484 e. The molecule has 2 aromatic rings. The Kier molecular flexibility index (Phi) is 5.68. The van der Waals surface area contributed by atoms with Gasteiger partial charge < -0.3 is 14.5 Å². The van der Waals surface area contributed by atoms with Gasteiger partial charge in [0.1, 0.15) is 18.1 Å². The first-order valence-corrected chi connectivity index (χ1v) is 7.59. The second-order valence-corrected chi connectivity index (χ2v) is 6.02. The number of hydrogen-bond donors (Lipinski definition) is 1. The van der Waals surface area contributed by atoms with Crippen molar-refractivity contribution in [2.75, 3.05) is 6.54 Å². The van der Waals surface area contributed by atoms with Gasteiger partial charge in [-0.15, -0.1) is 0 Å². The van der Waals surface area contributed by atoms with E-state index >= 15 is 0 Å². The van der Waals surface area contributed by atoms with Gasteiger partial charge in [0.2, 0.25) is 0 Å². The molecule has 20 heavy (non-hydrogen) atoms. The van der Waals surface area contributed by atoms with Crippen molar-refractivity contribution in [3.8, 4) is 5.75 Å². The molecular formula is C16H20BrNO2. The van der Waals surface area contributed by atoms with Crippen LogP contribution >= 0.6 is 15.9 Å². The van der Waals surface area contributed by atoms with Crippen molar-refractivity contribution in [1.82, 2.24) is 5.32 Å². The summed E-state index contributed by atoms with van der Waals surface area (Å²) in [6.07, 6.45) is 1.78. The van der Waals surface area contributed by atoms with Crippen LogP contribution in [0.3, 0.4) is 0 Å². The van der Waals surface area contributed by atoms with Crippen molar-refractivity contribution in [3.05, 3.63) is 52.4 Å². The summed E-state index contributed by atoms with van der Waals surface area (Å²) in [5, 5.41) is 3.39. The Bertz CT molecular complexity index is 537. The molecule has 3 nitrogen and oxygen atoms in total. The molecule has 0 fully saturated rings. The van der Waals surface area contributed by atoms with Crippen LogP contribution in [-0.4, -0.2) is 6.54 Å². The topological polar surface area (TPSA) is 34.4 Å². The molecule has 0 aliphatic rings. The lowest BCUT2D eigenvalue weighted by molar-refractivity contribution is 0.269. The predicted octanol–water partition coefficient (Wildman–Crippen LogP) is 4.37. The summed E-state index contributed by atoms with van der Waals surface area (Å²) in [5.41, 5.74) is 1.15. The minimum atomic E-state index is 0.437. The van der Waals surface area contributed by atoms with Crippen molar-refractivity contribution in [2.45, 2.75) is 27.0 Å². The second-order valence-electron chi connectivity index (χ2n) is 5.17. The van der Waals surface area contributed by atoms with E-state index in [4.69, 9.17) is 9.15 Å². The first-order chi connectivity index (χ1) is 9.65. The van der Waals surface area contributed by atoms with Crippen LogP contribution in [0.2, 0.25) is 0 Å². The molecule has 0 saturated heterocycles. The van der Waals surface area contributed by atoms with E-state index in [-0.39, 0.29) is 0 Å². The summed E-state index contributed by atoms with van der Waals surface area (Å²) in [5.74, 6) is 2.31. The van der Waals surface area contributed by atoms with Gasteiger partial charge in [-0.2, -0.15) is 0 Å². The lowest BCUT2D eigenvalue weighted by atomic mass is 10.2. The summed E-state index contributed by atoms with van der Waals surface area (Å²) < 4.78 is 12.2. The predicted molar refractivity (Wildman–Crippen MR) is 83.7 cm³/mol. The Morgan fingerprint density at radius 1 is 1.30 bits per heavy atom. The van der Waals surface area contributed by atoms with Gasteiger partial charge in [0.05, 0.1) is 10.7 Å². The van der Waals surface area contributed by atoms with Gasteiger partial charge in [-0.25, -0.2) is 0 Å². The van der Waals surface area contributed by atoms with E-state index in [1.165, 1.54) is 0 Å². The minimum Gasteiger partial charge on any atom is -0.484 e. The summed E-state index contributed by atoms with van der Waals surface area (Å²) in [6.45, 7) is 6.66. The maximum absolute atomic E-state index is 5.72. The highest BCUT2D eigenvalue weighted by Gasteiger charge is 2.05. The molecule has 0 atom stereocenters.